The lowest BCUT2D eigenvalue weighted by Gasteiger charge is -2.35. The lowest BCUT2D eigenvalue weighted by atomic mass is 10.2. The van der Waals surface area contributed by atoms with Crippen molar-refractivity contribution in [1.82, 2.24) is 9.88 Å². The number of pyridine rings is 1. The van der Waals surface area contributed by atoms with Crippen LogP contribution in [0.25, 0.3) is 10.2 Å². The second kappa shape index (κ2) is 5.03. The number of carbonyl (C=O) groups is 1. The highest BCUT2D eigenvalue weighted by Gasteiger charge is 2.29. The quantitative estimate of drug-likeness (QED) is 0.874. The maximum atomic E-state index is 12.7. The van der Waals surface area contributed by atoms with Crippen LogP contribution < -0.4 is 5.73 Å². The highest BCUT2D eigenvalue weighted by atomic mass is 32.1. The van der Waals surface area contributed by atoms with Crippen LogP contribution in [0.5, 0.6) is 0 Å². The van der Waals surface area contributed by atoms with Gasteiger partial charge in [0.1, 0.15) is 9.71 Å². The van der Waals surface area contributed by atoms with Crippen molar-refractivity contribution < 1.29 is 9.53 Å². The summed E-state index contributed by atoms with van der Waals surface area (Å²) in [5, 5.41) is 0.857. The first kappa shape index (κ1) is 13.3. The molecule has 0 spiro atoms. The zero-order chi connectivity index (χ0) is 14.3. The highest BCUT2D eigenvalue weighted by Crippen LogP contribution is 2.33. The summed E-state index contributed by atoms with van der Waals surface area (Å²) in [6, 6.07) is 3.73. The fraction of sp³-hybridized carbons (Fsp3) is 0.429. The van der Waals surface area contributed by atoms with Gasteiger partial charge in [0.05, 0.1) is 17.9 Å². The summed E-state index contributed by atoms with van der Waals surface area (Å²) in [7, 11) is 0. The zero-order valence-electron chi connectivity index (χ0n) is 11.5. The van der Waals surface area contributed by atoms with Crippen LogP contribution in [0.4, 0.5) is 5.69 Å². The minimum absolute atomic E-state index is 0.0208. The number of nitrogens with zero attached hydrogens (tertiary/aromatic N) is 2. The molecule has 1 aliphatic rings. The Morgan fingerprint density at radius 3 is 2.80 bits per heavy atom. The van der Waals surface area contributed by atoms with E-state index in [2.05, 4.69) is 4.98 Å². The lowest BCUT2D eigenvalue weighted by Crippen LogP contribution is -2.48. The maximum absolute atomic E-state index is 12.7. The average molecular weight is 291 g/mol. The van der Waals surface area contributed by atoms with Gasteiger partial charge in [-0.15, -0.1) is 11.3 Å². The smallest absolute Gasteiger partial charge is 0.266 e. The van der Waals surface area contributed by atoms with Crippen molar-refractivity contribution in [2.75, 3.05) is 18.8 Å². The number of fused-ring (bicyclic) bond motifs is 1. The van der Waals surface area contributed by atoms with Crippen molar-refractivity contribution in [3.8, 4) is 0 Å². The Morgan fingerprint density at radius 2 is 2.15 bits per heavy atom. The molecule has 1 saturated heterocycles. The number of ether oxygens (including phenoxy) is 1. The number of aromatic nitrogens is 1. The molecule has 2 atom stereocenters. The van der Waals surface area contributed by atoms with Crippen molar-refractivity contribution in [3.05, 3.63) is 23.2 Å². The molecule has 1 aliphatic heterocycles. The number of thiophene rings is 1. The van der Waals surface area contributed by atoms with Gasteiger partial charge in [-0.05, 0) is 26.0 Å². The molecular formula is C14H17N3O2S. The monoisotopic (exact) mass is 291 g/mol. The molecule has 3 rings (SSSR count). The van der Waals surface area contributed by atoms with Crippen molar-refractivity contribution in [3.63, 3.8) is 0 Å². The predicted octanol–water partition coefficient (Wildman–Crippen LogP) is 2.13. The van der Waals surface area contributed by atoms with Crippen LogP contribution in [-0.2, 0) is 4.74 Å². The highest BCUT2D eigenvalue weighted by molar-refractivity contribution is 7.21. The van der Waals surface area contributed by atoms with E-state index in [1.54, 1.807) is 6.20 Å². The summed E-state index contributed by atoms with van der Waals surface area (Å²) in [5.41, 5.74) is 6.64. The molecule has 0 saturated carbocycles. The number of hydrogen-bond donors (Lipinski definition) is 1. The number of carbonyl (C=O) groups excluding carboxylic acids is 1. The normalized spacial score (nSPS) is 23.2. The van der Waals surface area contributed by atoms with E-state index in [1.165, 1.54) is 11.3 Å². The van der Waals surface area contributed by atoms with Gasteiger partial charge in [-0.1, -0.05) is 0 Å². The summed E-state index contributed by atoms with van der Waals surface area (Å²) in [4.78, 5) is 20.1. The number of rotatable bonds is 1. The van der Waals surface area contributed by atoms with Gasteiger partial charge in [0.2, 0.25) is 0 Å². The Kier molecular flexibility index (Phi) is 3.35. The number of hydrogen-bond acceptors (Lipinski definition) is 5. The van der Waals surface area contributed by atoms with E-state index in [1.807, 2.05) is 30.9 Å². The molecule has 20 heavy (non-hydrogen) atoms. The van der Waals surface area contributed by atoms with E-state index in [0.29, 0.717) is 23.7 Å². The van der Waals surface area contributed by atoms with Crippen molar-refractivity contribution in [2.45, 2.75) is 26.1 Å². The van der Waals surface area contributed by atoms with Crippen LogP contribution in [0.3, 0.4) is 0 Å². The summed E-state index contributed by atoms with van der Waals surface area (Å²) < 4.78 is 5.66. The average Bonchev–Trinajstić information content (AvgIpc) is 2.75. The molecule has 1 fully saturated rings. The van der Waals surface area contributed by atoms with E-state index in [9.17, 15) is 4.79 Å². The summed E-state index contributed by atoms with van der Waals surface area (Å²) >= 11 is 1.36. The van der Waals surface area contributed by atoms with Gasteiger partial charge in [0.25, 0.3) is 5.91 Å². The number of anilines is 1. The van der Waals surface area contributed by atoms with Crippen molar-refractivity contribution >= 4 is 33.1 Å². The van der Waals surface area contributed by atoms with E-state index in [4.69, 9.17) is 10.5 Å². The first-order valence-electron chi connectivity index (χ1n) is 6.64. The Morgan fingerprint density at radius 1 is 1.45 bits per heavy atom. The third-order valence-electron chi connectivity index (χ3n) is 3.41. The summed E-state index contributed by atoms with van der Waals surface area (Å²) in [5.74, 6) is -0.0208. The third kappa shape index (κ3) is 2.25. The van der Waals surface area contributed by atoms with Crippen LogP contribution >= 0.6 is 11.3 Å². The van der Waals surface area contributed by atoms with Crippen molar-refractivity contribution in [1.29, 1.82) is 0 Å². The van der Waals surface area contributed by atoms with Crippen molar-refractivity contribution in [2.24, 2.45) is 0 Å². The fourth-order valence-electron chi connectivity index (χ4n) is 2.60. The van der Waals surface area contributed by atoms with Crippen LogP contribution in [0.15, 0.2) is 18.3 Å². The molecule has 2 unspecified atom stereocenters. The van der Waals surface area contributed by atoms with Gasteiger partial charge in [-0.2, -0.15) is 0 Å². The van der Waals surface area contributed by atoms with Gasteiger partial charge in [-0.25, -0.2) is 4.98 Å². The molecule has 0 aliphatic carbocycles. The SMILES string of the molecule is CC1CN(C(=O)c2sc3ncccc3c2N)CC(C)O1. The molecule has 6 heteroatoms. The second-order valence-corrected chi connectivity index (χ2v) is 6.17. The topological polar surface area (TPSA) is 68.5 Å². The minimum atomic E-state index is -0.0208. The van der Waals surface area contributed by atoms with Gasteiger partial charge >= 0.3 is 0 Å². The molecule has 0 radical (unpaired) electrons. The standard InChI is InChI=1S/C14H17N3O2S/c1-8-6-17(7-9(2)19-8)14(18)12-11(15)10-4-3-5-16-13(10)20-12/h3-5,8-9H,6-7,15H2,1-2H3. The molecule has 106 valence electrons. The lowest BCUT2D eigenvalue weighted by molar-refractivity contribution is -0.0584. The predicted molar refractivity (Wildman–Crippen MR) is 79.9 cm³/mol. The molecule has 3 heterocycles. The number of nitrogens with two attached hydrogens (primary N) is 1. The van der Waals surface area contributed by atoms with Gasteiger partial charge in [0, 0.05) is 24.7 Å². The summed E-state index contributed by atoms with van der Waals surface area (Å²) in [6.07, 6.45) is 1.82. The third-order valence-corrected chi connectivity index (χ3v) is 4.52. The molecule has 0 aromatic carbocycles. The summed E-state index contributed by atoms with van der Waals surface area (Å²) in [6.45, 7) is 5.16. The zero-order valence-corrected chi connectivity index (χ0v) is 12.3. The molecule has 2 aromatic rings. The molecule has 2 N–H and O–H groups in total. The van der Waals surface area contributed by atoms with Crippen LogP contribution in [-0.4, -0.2) is 41.1 Å². The number of morpholine rings is 1. The Hall–Kier alpha value is -1.66. The van der Waals surface area contributed by atoms with Gasteiger partial charge in [0.15, 0.2) is 0 Å². The largest absolute Gasteiger partial charge is 0.397 e. The first-order chi connectivity index (χ1) is 9.56. The molecular weight excluding hydrogens is 274 g/mol. The number of amides is 1. The van der Waals surface area contributed by atoms with E-state index in [0.717, 1.165) is 10.2 Å². The van der Waals surface area contributed by atoms with Crippen LogP contribution in [0, 0.1) is 0 Å². The Balaban J connectivity index is 1.94. The molecule has 5 nitrogen and oxygen atoms in total. The fourth-order valence-corrected chi connectivity index (χ4v) is 3.63. The second-order valence-electron chi connectivity index (χ2n) is 5.17. The molecule has 0 bridgehead atoms. The first-order valence-corrected chi connectivity index (χ1v) is 7.45. The van der Waals surface area contributed by atoms with Gasteiger partial charge in [-0.3, -0.25) is 4.79 Å². The minimum Gasteiger partial charge on any atom is -0.397 e. The molecule has 1 amide bonds. The van der Waals surface area contributed by atoms with E-state index < -0.39 is 0 Å². The van der Waals surface area contributed by atoms with E-state index in [-0.39, 0.29) is 18.1 Å². The molecule has 2 aromatic heterocycles. The van der Waals surface area contributed by atoms with E-state index >= 15 is 0 Å². The van der Waals surface area contributed by atoms with Crippen LogP contribution in [0.1, 0.15) is 23.5 Å². The van der Waals surface area contributed by atoms with Gasteiger partial charge < -0.3 is 15.4 Å². The van der Waals surface area contributed by atoms with Crippen LogP contribution in [0.2, 0.25) is 0 Å². The Bertz CT molecular complexity index is 645. The Labute approximate surface area is 121 Å². The maximum Gasteiger partial charge on any atom is 0.266 e. The number of nitrogen functional groups attached to an aromatic ring is 1.